The van der Waals surface area contributed by atoms with Gasteiger partial charge >= 0.3 is 0 Å². The third-order valence-electron chi connectivity index (χ3n) is 4.20. The zero-order chi connectivity index (χ0) is 13.3. The van der Waals surface area contributed by atoms with E-state index in [1.807, 2.05) is 11.8 Å². The molecule has 2 fully saturated rings. The Labute approximate surface area is 120 Å². The monoisotopic (exact) mass is 277 g/mol. The molecule has 19 heavy (non-hydrogen) atoms. The van der Waals surface area contributed by atoms with Crippen molar-refractivity contribution in [3.8, 4) is 0 Å². The molecular weight excluding hydrogens is 254 g/mol. The molecule has 1 unspecified atom stereocenters. The molecule has 1 aromatic rings. The van der Waals surface area contributed by atoms with Gasteiger partial charge in [0.2, 0.25) is 0 Å². The molecule has 0 radical (unpaired) electrons. The molecule has 3 rings (SSSR count). The third-order valence-corrected chi connectivity index (χ3v) is 5.44. The summed E-state index contributed by atoms with van der Waals surface area (Å²) in [4.78, 5) is 1.32. The Morgan fingerprint density at radius 3 is 2.68 bits per heavy atom. The number of benzene rings is 1. The average molecular weight is 277 g/mol. The van der Waals surface area contributed by atoms with Crippen LogP contribution in [0.3, 0.4) is 0 Å². The molecule has 2 nitrogen and oxygen atoms in total. The number of hydrogen-bond donors (Lipinski definition) is 2. The second-order valence-electron chi connectivity index (χ2n) is 6.11. The Bertz CT molecular complexity index is 442. The van der Waals surface area contributed by atoms with Crippen molar-refractivity contribution in [3.63, 3.8) is 0 Å². The fourth-order valence-corrected chi connectivity index (χ4v) is 3.96. The summed E-state index contributed by atoms with van der Waals surface area (Å²) < 4.78 is 0. The number of aryl methyl sites for hydroxylation is 1. The van der Waals surface area contributed by atoms with E-state index in [1.54, 1.807) is 0 Å². The van der Waals surface area contributed by atoms with Crippen molar-refractivity contribution < 1.29 is 5.11 Å². The molecule has 0 heterocycles. The largest absolute Gasteiger partial charge is 0.394 e. The Balaban J connectivity index is 1.66. The standard InChI is InChI=1S/C16H23NOS/c1-12-3-2-4-15(9-12)19-11-16(10-18,13-5-6-13)17-14-7-8-14/h2-4,9,13-14,17-18H,5-8,10-11H2,1H3. The van der Waals surface area contributed by atoms with E-state index in [1.165, 1.54) is 36.1 Å². The van der Waals surface area contributed by atoms with E-state index in [0.717, 1.165) is 5.75 Å². The Hall–Kier alpha value is -0.510. The molecule has 0 bridgehead atoms. The van der Waals surface area contributed by atoms with Crippen LogP contribution in [0.5, 0.6) is 0 Å². The van der Waals surface area contributed by atoms with Crippen LogP contribution in [0.4, 0.5) is 0 Å². The third kappa shape index (κ3) is 3.33. The van der Waals surface area contributed by atoms with Gasteiger partial charge in [-0.15, -0.1) is 11.8 Å². The Kier molecular flexibility index (Phi) is 3.88. The van der Waals surface area contributed by atoms with Crippen LogP contribution in [-0.4, -0.2) is 29.0 Å². The fourth-order valence-electron chi connectivity index (χ4n) is 2.69. The lowest BCUT2D eigenvalue weighted by Crippen LogP contribution is -2.53. The van der Waals surface area contributed by atoms with Crippen LogP contribution in [0, 0.1) is 12.8 Å². The first kappa shape index (κ1) is 13.5. The zero-order valence-electron chi connectivity index (χ0n) is 11.6. The van der Waals surface area contributed by atoms with Crippen molar-refractivity contribution in [2.75, 3.05) is 12.4 Å². The smallest absolute Gasteiger partial charge is 0.0624 e. The van der Waals surface area contributed by atoms with E-state index >= 15 is 0 Å². The summed E-state index contributed by atoms with van der Waals surface area (Å²) in [5.74, 6) is 1.66. The number of hydrogen-bond acceptors (Lipinski definition) is 3. The van der Waals surface area contributed by atoms with E-state index in [-0.39, 0.29) is 12.1 Å². The molecule has 3 heteroatoms. The van der Waals surface area contributed by atoms with Crippen LogP contribution in [-0.2, 0) is 0 Å². The van der Waals surface area contributed by atoms with Crippen molar-refractivity contribution in [2.45, 2.75) is 49.1 Å². The summed E-state index contributed by atoms with van der Waals surface area (Å²) in [5, 5.41) is 13.7. The predicted octanol–water partition coefficient (Wildman–Crippen LogP) is 2.98. The first-order valence-corrected chi connectivity index (χ1v) is 8.28. The highest BCUT2D eigenvalue weighted by Gasteiger charge is 2.47. The first-order chi connectivity index (χ1) is 9.22. The molecule has 0 spiro atoms. The Morgan fingerprint density at radius 1 is 1.32 bits per heavy atom. The minimum Gasteiger partial charge on any atom is -0.394 e. The zero-order valence-corrected chi connectivity index (χ0v) is 12.4. The van der Waals surface area contributed by atoms with Gasteiger partial charge in [-0.2, -0.15) is 0 Å². The van der Waals surface area contributed by atoms with Gasteiger partial charge in [-0.3, -0.25) is 0 Å². The molecular formula is C16H23NOS. The predicted molar refractivity (Wildman–Crippen MR) is 80.6 cm³/mol. The van der Waals surface area contributed by atoms with E-state index in [9.17, 15) is 5.11 Å². The minimum atomic E-state index is -0.0461. The van der Waals surface area contributed by atoms with Crippen molar-refractivity contribution in [2.24, 2.45) is 5.92 Å². The molecule has 2 aliphatic rings. The molecule has 0 aliphatic heterocycles. The maximum absolute atomic E-state index is 9.92. The van der Waals surface area contributed by atoms with Gasteiger partial charge in [-0.25, -0.2) is 0 Å². The Morgan fingerprint density at radius 2 is 2.11 bits per heavy atom. The first-order valence-electron chi connectivity index (χ1n) is 7.30. The molecule has 2 N–H and O–H groups in total. The average Bonchev–Trinajstić information content (AvgIpc) is 3.27. The summed E-state index contributed by atoms with van der Waals surface area (Å²) in [6, 6.07) is 9.31. The minimum absolute atomic E-state index is 0.0461. The van der Waals surface area contributed by atoms with Gasteiger partial charge in [0.15, 0.2) is 0 Å². The van der Waals surface area contributed by atoms with Gasteiger partial charge in [0, 0.05) is 16.7 Å². The van der Waals surface area contributed by atoms with Crippen LogP contribution in [0.2, 0.25) is 0 Å². The van der Waals surface area contributed by atoms with Gasteiger partial charge < -0.3 is 10.4 Å². The highest BCUT2D eigenvalue weighted by atomic mass is 32.2. The van der Waals surface area contributed by atoms with E-state index < -0.39 is 0 Å². The van der Waals surface area contributed by atoms with Crippen molar-refractivity contribution >= 4 is 11.8 Å². The molecule has 2 saturated carbocycles. The lowest BCUT2D eigenvalue weighted by Gasteiger charge is -2.33. The quantitative estimate of drug-likeness (QED) is 0.752. The highest BCUT2D eigenvalue weighted by molar-refractivity contribution is 7.99. The number of nitrogens with one attached hydrogen (secondary N) is 1. The lowest BCUT2D eigenvalue weighted by molar-refractivity contribution is 0.157. The van der Waals surface area contributed by atoms with E-state index in [0.29, 0.717) is 12.0 Å². The van der Waals surface area contributed by atoms with Crippen LogP contribution < -0.4 is 5.32 Å². The van der Waals surface area contributed by atoms with E-state index in [2.05, 4.69) is 36.5 Å². The van der Waals surface area contributed by atoms with Gasteiger partial charge in [-0.1, -0.05) is 17.7 Å². The maximum atomic E-state index is 9.92. The summed E-state index contributed by atoms with van der Waals surface area (Å²) in [7, 11) is 0. The number of thioether (sulfide) groups is 1. The van der Waals surface area contributed by atoms with Gasteiger partial charge in [0.05, 0.1) is 12.1 Å². The SMILES string of the molecule is Cc1cccc(SCC(CO)(NC2CC2)C2CC2)c1. The highest BCUT2D eigenvalue weighted by Crippen LogP contribution is 2.43. The second-order valence-corrected chi connectivity index (χ2v) is 7.16. The van der Waals surface area contributed by atoms with Crippen molar-refractivity contribution in [3.05, 3.63) is 29.8 Å². The summed E-state index contributed by atoms with van der Waals surface area (Å²) in [5.41, 5.74) is 1.26. The summed E-state index contributed by atoms with van der Waals surface area (Å²) >= 11 is 1.88. The van der Waals surface area contributed by atoms with Crippen molar-refractivity contribution in [1.29, 1.82) is 0 Å². The maximum Gasteiger partial charge on any atom is 0.0624 e. The number of aliphatic hydroxyl groups is 1. The van der Waals surface area contributed by atoms with Crippen LogP contribution in [0.25, 0.3) is 0 Å². The molecule has 0 aromatic heterocycles. The van der Waals surface area contributed by atoms with Gasteiger partial charge in [0.25, 0.3) is 0 Å². The van der Waals surface area contributed by atoms with E-state index in [4.69, 9.17) is 0 Å². The normalized spacial score (nSPS) is 22.2. The molecule has 0 amide bonds. The van der Waals surface area contributed by atoms with Crippen LogP contribution in [0.1, 0.15) is 31.2 Å². The number of rotatable bonds is 7. The van der Waals surface area contributed by atoms with Crippen LogP contribution >= 0.6 is 11.8 Å². The molecule has 104 valence electrons. The topological polar surface area (TPSA) is 32.3 Å². The lowest BCUT2D eigenvalue weighted by atomic mass is 9.96. The van der Waals surface area contributed by atoms with Gasteiger partial charge in [0.1, 0.15) is 0 Å². The molecule has 1 atom stereocenters. The molecule has 0 saturated heterocycles. The summed E-state index contributed by atoms with van der Waals surface area (Å²) in [6.45, 7) is 2.40. The molecule has 1 aromatic carbocycles. The van der Waals surface area contributed by atoms with Crippen LogP contribution in [0.15, 0.2) is 29.2 Å². The number of aliphatic hydroxyl groups excluding tert-OH is 1. The summed E-state index contributed by atoms with van der Waals surface area (Å²) in [6.07, 6.45) is 5.11. The fraction of sp³-hybridized carbons (Fsp3) is 0.625. The second kappa shape index (κ2) is 5.47. The van der Waals surface area contributed by atoms with Gasteiger partial charge in [-0.05, 0) is 50.7 Å². The van der Waals surface area contributed by atoms with Crippen molar-refractivity contribution in [1.82, 2.24) is 5.32 Å². The molecule has 2 aliphatic carbocycles.